The topological polar surface area (TPSA) is 111 Å². The van der Waals surface area contributed by atoms with Crippen LogP contribution in [0.4, 0.5) is 0 Å². The van der Waals surface area contributed by atoms with Crippen molar-refractivity contribution < 1.29 is 42.1 Å². The number of ether oxygens (including phenoxy) is 2. The molecule has 2 atom stereocenters. The minimum atomic E-state index is -4.63. The van der Waals surface area contributed by atoms with Crippen LogP contribution in [-0.4, -0.2) is 70.0 Å². The second-order valence-corrected chi connectivity index (χ2v) is 22.8. The Balaban J connectivity index is 4.10. The third-order valence-electron chi connectivity index (χ3n) is 13.4. The average Bonchev–Trinajstić information content (AvgIpc) is 3.29. The molecule has 0 aromatic heterocycles. The molecule has 0 amide bonds. The van der Waals surface area contributed by atoms with Gasteiger partial charge >= 0.3 is 11.9 Å². The highest BCUT2D eigenvalue weighted by Crippen LogP contribution is 2.38. The molecule has 0 aliphatic carbocycles. The van der Waals surface area contributed by atoms with E-state index in [4.69, 9.17) is 18.5 Å². The molecular weight excluding hydrogens is 858 g/mol. The molecule has 0 aromatic rings. The third kappa shape index (κ3) is 54.2. The number of likely N-dealkylation sites (N-methyl/N-ethyl adjacent to an activating group) is 1. The Hall–Kier alpha value is -0.990. The van der Waals surface area contributed by atoms with Gasteiger partial charge in [0.2, 0.25) is 0 Å². The summed E-state index contributed by atoms with van der Waals surface area (Å²) < 4.78 is 34.2. The third-order valence-corrected chi connectivity index (χ3v) is 14.3. The number of nitrogens with zero attached hydrogens (tertiary/aromatic N) is 1. The summed E-state index contributed by atoms with van der Waals surface area (Å²) in [4.78, 5) is 37.9. The van der Waals surface area contributed by atoms with Crippen LogP contribution in [0.15, 0.2) is 0 Å². The molecule has 0 N–H and O–H groups in total. The normalized spacial score (nSPS) is 13.2. The standard InChI is InChI=1S/C57H114NO8P/c1-6-8-10-12-14-16-18-20-22-24-26-28-29-30-32-34-36-38-40-42-44-46-48-50-57(60)66-55(54-65-67(61,62)64-52-51-58(3,4)5)53-63-56(59)49-47-45-43-41-39-37-35-33-31-27-25-23-21-19-17-15-13-11-9-7-2/h55H,6-54H2,1-5H3/t55-/m1/s1. The van der Waals surface area contributed by atoms with Crippen LogP contribution in [-0.2, 0) is 32.7 Å². The second kappa shape index (κ2) is 50.0. The zero-order valence-electron chi connectivity index (χ0n) is 45.4. The van der Waals surface area contributed by atoms with Crippen molar-refractivity contribution in [2.45, 2.75) is 309 Å². The molecule has 0 radical (unpaired) electrons. The van der Waals surface area contributed by atoms with Crippen molar-refractivity contribution in [3.63, 3.8) is 0 Å². The summed E-state index contributed by atoms with van der Waals surface area (Å²) in [5.74, 6) is -0.809. The number of carbonyl (C=O) groups is 2. The molecule has 10 heteroatoms. The molecule has 0 bridgehead atoms. The number of phosphoric ester groups is 1. The van der Waals surface area contributed by atoms with E-state index in [1.54, 1.807) is 0 Å². The molecule has 0 aromatic carbocycles. The van der Waals surface area contributed by atoms with Crippen LogP contribution in [0.3, 0.4) is 0 Å². The first-order chi connectivity index (χ1) is 32.5. The van der Waals surface area contributed by atoms with E-state index in [0.29, 0.717) is 17.4 Å². The maximum absolute atomic E-state index is 12.8. The molecule has 9 nitrogen and oxygen atoms in total. The molecule has 1 unspecified atom stereocenters. The quantitative estimate of drug-likeness (QED) is 0.0256. The number of hydrogen-bond acceptors (Lipinski definition) is 8. The number of hydrogen-bond donors (Lipinski definition) is 0. The SMILES string of the molecule is CCCCCCCCCCCCCCCCCCCCCCCCCC(=O)O[C@H](COC(=O)CCCCCCCCCCCCCCCCCCCCCC)COP(=O)([O-])OCC[N+](C)(C)C. The first-order valence-corrected chi connectivity index (χ1v) is 30.7. The first-order valence-electron chi connectivity index (χ1n) is 29.2. The maximum Gasteiger partial charge on any atom is 0.306 e. The molecule has 0 saturated heterocycles. The Morgan fingerprint density at radius 2 is 0.672 bits per heavy atom. The number of rotatable bonds is 55. The van der Waals surface area contributed by atoms with Crippen LogP contribution in [0.5, 0.6) is 0 Å². The van der Waals surface area contributed by atoms with E-state index >= 15 is 0 Å². The summed E-state index contributed by atoms with van der Waals surface area (Å²) in [6.07, 6.45) is 55.7. The Morgan fingerprint density at radius 3 is 0.955 bits per heavy atom. The molecular formula is C57H114NO8P. The van der Waals surface area contributed by atoms with Crippen molar-refractivity contribution in [2.24, 2.45) is 0 Å². The molecule has 67 heavy (non-hydrogen) atoms. The smallest absolute Gasteiger partial charge is 0.306 e. The number of phosphoric acid groups is 1. The highest BCUT2D eigenvalue weighted by molar-refractivity contribution is 7.45. The van der Waals surface area contributed by atoms with Crippen LogP contribution in [0.2, 0.25) is 0 Å². The van der Waals surface area contributed by atoms with Gasteiger partial charge in [-0.1, -0.05) is 277 Å². The van der Waals surface area contributed by atoms with E-state index in [0.717, 1.165) is 32.1 Å². The van der Waals surface area contributed by atoms with Crippen molar-refractivity contribution in [3.8, 4) is 0 Å². The van der Waals surface area contributed by atoms with Gasteiger partial charge in [-0.15, -0.1) is 0 Å². The maximum atomic E-state index is 12.8. The summed E-state index contributed by atoms with van der Waals surface area (Å²) in [5, 5.41) is 0. The summed E-state index contributed by atoms with van der Waals surface area (Å²) in [5.41, 5.74) is 0. The van der Waals surface area contributed by atoms with Gasteiger partial charge in [-0.25, -0.2) is 0 Å². The zero-order chi connectivity index (χ0) is 49.2. The lowest BCUT2D eigenvalue weighted by Crippen LogP contribution is -2.37. The Bertz CT molecular complexity index is 1100. The van der Waals surface area contributed by atoms with Gasteiger partial charge in [-0.3, -0.25) is 14.2 Å². The van der Waals surface area contributed by atoms with Crippen molar-refractivity contribution in [1.82, 2.24) is 0 Å². The summed E-state index contributed by atoms with van der Waals surface area (Å²) in [7, 11) is 1.19. The van der Waals surface area contributed by atoms with Gasteiger partial charge in [0, 0.05) is 12.8 Å². The van der Waals surface area contributed by atoms with Crippen LogP contribution < -0.4 is 4.89 Å². The predicted octanol–water partition coefficient (Wildman–Crippen LogP) is 17.2. The van der Waals surface area contributed by atoms with Crippen molar-refractivity contribution in [2.75, 3.05) is 47.5 Å². The fourth-order valence-electron chi connectivity index (χ4n) is 8.84. The summed E-state index contributed by atoms with van der Waals surface area (Å²) >= 11 is 0. The van der Waals surface area contributed by atoms with Crippen LogP contribution in [0.25, 0.3) is 0 Å². The minimum Gasteiger partial charge on any atom is -0.756 e. The number of esters is 2. The molecule has 400 valence electrons. The molecule has 0 heterocycles. The van der Waals surface area contributed by atoms with Gasteiger partial charge in [0.05, 0.1) is 27.7 Å². The number of unbranched alkanes of at least 4 members (excludes halogenated alkanes) is 41. The molecule has 0 fully saturated rings. The monoisotopic (exact) mass is 972 g/mol. The van der Waals surface area contributed by atoms with Gasteiger partial charge in [0.25, 0.3) is 7.82 Å². The van der Waals surface area contributed by atoms with E-state index in [9.17, 15) is 19.0 Å². The lowest BCUT2D eigenvalue weighted by atomic mass is 10.0. The lowest BCUT2D eigenvalue weighted by Gasteiger charge is -2.28. The molecule has 0 aliphatic heterocycles. The number of quaternary nitrogens is 1. The molecule has 0 saturated carbocycles. The Labute approximate surface area is 416 Å². The molecule has 0 aliphatic rings. The highest BCUT2D eigenvalue weighted by atomic mass is 31.2. The lowest BCUT2D eigenvalue weighted by molar-refractivity contribution is -0.870. The predicted molar refractivity (Wildman–Crippen MR) is 282 cm³/mol. The Morgan fingerprint density at radius 1 is 0.403 bits per heavy atom. The fraction of sp³-hybridized carbons (Fsp3) is 0.965. The van der Waals surface area contributed by atoms with Gasteiger partial charge in [0.15, 0.2) is 6.10 Å². The van der Waals surface area contributed by atoms with Crippen molar-refractivity contribution in [3.05, 3.63) is 0 Å². The number of carbonyl (C=O) groups excluding carboxylic acids is 2. The zero-order valence-corrected chi connectivity index (χ0v) is 46.3. The average molecular weight is 973 g/mol. The largest absolute Gasteiger partial charge is 0.756 e. The van der Waals surface area contributed by atoms with E-state index in [1.165, 1.54) is 238 Å². The summed E-state index contributed by atoms with van der Waals surface area (Å²) in [6, 6.07) is 0. The van der Waals surface area contributed by atoms with E-state index in [1.807, 2.05) is 21.1 Å². The van der Waals surface area contributed by atoms with E-state index < -0.39 is 26.5 Å². The van der Waals surface area contributed by atoms with E-state index in [-0.39, 0.29) is 32.0 Å². The van der Waals surface area contributed by atoms with Crippen molar-refractivity contribution >= 4 is 19.8 Å². The van der Waals surface area contributed by atoms with Gasteiger partial charge < -0.3 is 27.9 Å². The fourth-order valence-corrected chi connectivity index (χ4v) is 9.57. The van der Waals surface area contributed by atoms with Gasteiger partial charge in [-0.2, -0.15) is 0 Å². The van der Waals surface area contributed by atoms with Crippen molar-refractivity contribution in [1.29, 1.82) is 0 Å². The second-order valence-electron chi connectivity index (χ2n) is 21.4. The summed E-state index contributed by atoms with van der Waals surface area (Å²) in [6.45, 7) is 4.32. The van der Waals surface area contributed by atoms with Crippen LogP contribution in [0, 0.1) is 0 Å². The van der Waals surface area contributed by atoms with Gasteiger partial charge in [0.1, 0.15) is 19.8 Å². The molecule has 0 rings (SSSR count). The highest BCUT2D eigenvalue weighted by Gasteiger charge is 2.22. The molecule has 0 spiro atoms. The van der Waals surface area contributed by atoms with Crippen LogP contribution in [0.1, 0.15) is 303 Å². The van der Waals surface area contributed by atoms with Gasteiger partial charge in [-0.05, 0) is 12.8 Å². The van der Waals surface area contributed by atoms with Crippen LogP contribution >= 0.6 is 7.82 Å². The first kappa shape index (κ1) is 66.0. The minimum absolute atomic E-state index is 0.0251. The van der Waals surface area contributed by atoms with E-state index in [2.05, 4.69) is 13.8 Å². The Kier molecular flexibility index (Phi) is 49.2.